The molecular weight excluding hydrogens is 270 g/mol. The summed E-state index contributed by atoms with van der Waals surface area (Å²) in [5.74, 6) is 0.854. The van der Waals surface area contributed by atoms with Crippen LogP contribution in [-0.2, 0) is 0 Å². The molecule has 1 unspecified atom stereocenters. The molecule has 2 heteroatoms. The van der Waals surface area contributed by atoms with Gasteiger partial charge in [0.15, 0.2) is 0 Å². The maximum atomic E-state index is 5.37. The van der Waals surface area contributed by atoms with E-state index in [0.717, 1.165) is 11.4 Å². The molecule has 0 radical (unpaired) electrons. The zero-order valence-electron chi connectivity index (χ0n) is 12.6. The van der Waals surface area contributed by atoms with Gasteiger partial charge in [0.1, 0.15) is 5.76 Å². The minimum Gasteiger partial charge on any atom is -0.465 e. The van der Waals surface area contributed by atoms with E-state index in [-0.39, 0.29) is 6.04 Å². The molecule has 0 saturated carbocycles. The maximum Gasteiger partial charge on any atom is 0.126 e. The molecule has 1 heterocycles. The molecule has 3 rings (SSSR count). The van der Waals surface area contributed by atoms with Crippen molar-refractivity contribution in [1.82, 2.24) is 0 Å². The van der Waals surface area contributed by atoms with Gasteiger partial charge in [0, 0.05) is 5.69 Å². The summed E-state index contributed by atoms with van der Waals surface area (Å²) in [4.78, 5) is 0. The molecule has 1 N–H and O–H groups in total. The first kappa shape index (κ1) is 14.2. The van der Waals surface area contributed by atoms with E-state index in [1.165, 1.54) is 11.1 Å². The van der Waals surface area contributed by atoms with Crippen LogP contribution in [0.25, 0.3) is 6.08 Å². The number of benzene rings is 2. The van der Waals surface area contributed by atoms with Crippen molar-refractivity contribution in [2.24, 2.45) is 0 Å². The Labute approximate surface area is 131 Å². The second kappa shape index (κ2) is 6.81. The average molecular weight is 289 g/mol. The topological polar surface area (TPSA) is 25.2 Å². The highest BCUT2D eigenvalue weighted by Crippen LogP contribution is 2.22. The van der Waals surface area contributed by atoms with E-state index >= 15 is 0 Å². The summed E-state index contributed by atoms with van der Waals surface area (Å²) < 4.78 is 5.37. The zero-order chi connectivity index (χ0) is 15.2. The van der Waals surface area contributed by atoms with Crippen LogP contribution in [0.2, 0.25) is 0 Å². The summed E-state index contributed by atoms with van der Waals surface area (Å²) in [6.45, 7) is 2.10. The quantitative estimate of drug-likeness (QED) is 0.675. The van der Waals surface area contributed by atoms with Gasteiger partial charge >= 0.3 is 0 Å². The molecular formula is C20H19NO. The third kappa shape index (κ3) is 3.67. The highest BCUT2D eigenvalue weighted by Gasteiger charge is 2.08. The zero-order valence-corrected chi connectivity index (χ0v) is 12.6. The standard InChI is InChI=1S/C20H19NO/c1-16-9-11-17(12-10-16)20(14-13-19-8-5-15-22-19)21-18-6-3-2-4-7-18/h2-15,20-21H,1H3/b14-13+. The molecule has 0 saturated heterocycles. The summed E-state index contributed by atoms with van der Waals surface area (Å²) in [6.07, 6.45) is 5.81. The Hall–Kier alpha value is -2.74. The van der Waals surface area contributed by atoms with Crippen LogP contribution in [0.1, 0.15) is 22.9 Å². The first-order chi connectivity index (χ1) is 10.8. The van der Waals surface area contributed by atoms with E-state index in [0.29, 0.717) is 0 Å². The van der Waals surface area contributed by atoms with Crippen molar-refractivity contribution in [2.75, 3.05) is 5.32 Å². The molecule has 0 fully saturated rings. The van der Waals surface area contributed by atoms with Gasteiger partial charge in [-0.2, -0.15) is 0 Å². The lowest BCUT2D eigenvalue weighted by molar-refractivity contribution is 0.556. The van der Waals surface area contributed by atoms with Crippen molar-refractivity contribution < 1.29 is 4.42 Å². The van der Waals surface area contributed by atoms with E-state index in [4.69, 9.17) is 4.42 Å². The summed E-state index contributed by atoms with van der Waals surface area (Å²) >= 11 is 0. The molecule has 0 spiro atoms. The summed E-state index contributed by atoms with van der Waals surface area (Å²) in [7, 11) is 0. The van der Waals surface area contributed by atoms with Gasteiger partial charge in [0.25, 0.3) is 0 Å². The van der Waals surface area contributed by atoms with Gasteiger partial charge in [-0.05, 0) is 42.8 Å². The second-order valence-corrected chi connectivity index (χ2v) is 5.27. The molecule has 1 atom stereocenters. The summed E-state index contributed by atoms with van der Waals surface area (Å²) in [6, 6.07) is 22.7. The van der Waals surface area contributed by atoms with Gasteiger partial charge in [-0.25, -0.2) is 0 Å². The van der Waals surface area contributed by atoms with Gasteiger partial charge in [-0.1, -0.05) is 54.1 Å². The fourth-order valence-electron chi connectivity index (χ4n) is 2.31. The van der Waals surface area contributed by atoms with Crippen LogP contribution in [0.4, 0.5) is 5.69 Å². The molecule has 2 aromatic carbocycles. The number of aryl methyl sites for hydroxylation is 1. The Bertz CT molecular complexity index is 712. The Kier molecular flexibility index (Phi) is 4.40. The van der Waals surface area contributed by atoms with Crippen molar-refractivity contribution in [3.8, 4) is 0 Å². The third-order valence-electron chi connectivity index (χ3n) is 3.53. The van der Waals surface area contributed by atoms with Crippen molar-refractivity contribution >= 4 is 11.8 Å². The summed E-state index contributed by atoms with van der Waals surface area (Å²) in [5, 5.41) is 3.55. The van der Waals surface area contributed by atoms with Gasteiger partial charge in [-0.15, -0.1) is 0 Å². The lowest BCUT2D eigenvalue weighted by Crippen LogP contribution is -2.07. The Morgan fingerprint density at radius 1 is 0.909 bits per heavy atom. The summed E-state index contributed by atoms with van der Waals surface area (Å²) in [5.41, 5.74) is 3.58. The number of anilines is 1. The van der Waals surface area contributed by atoms with Crippen LogP contribution in [0.5, 0.6) is 0 Å². The smallest absolute Gasteiger partial charge is 0.126 e. The van der Waals surface area contributed by atoms with Crippen LogP contribution >= 0.6 is 0 Å². The Balaban J connectivity index is 1.86. The van der Waals surface area contributed by atoms with Gasteiger partial charge < -0.3 is 9.73 Å². The second-order valence-electron chi connectivity index (χ2n) is 5.27. The van der Waals surface area contributed by atoms with E-state index < -0.39 is 0 Å². The number of furan rings is 1. The molecule has 0 amide bonds. The molecule has 1 aromatic heterocycles. The highest BCUT2D eigenvalue weighted by molar-refractivity contribution is 5.51. The molecule has 3 aromatic rings. The molecule has 0 bridgehead atoms. The van der Waals surface area contributed by atoms with Crippen LogP contribution in [0.15, 0.2) is 83.5 Å². The largest absolute Gasteiger partial charge is 0.465 e. The van der Waals surface area contributed by atoms with E-state index in [2.05, 4.69) is 54.7 Å². The SMILES string of the molecule is Cc1ccc(C(/C=C/c2ccco2)Nc2ccccc2)cc1. The molecule has 2 nitrogen and oxygen atoms in total. The van der Waals surface area contributed by atoms with E-state index in [1.54, 1.807) is 6.26 Å². The molecule has 0 aliphatic carbocycles. The van der Waals surface area contributed by atoms with Crippen LogP contribution in [-0.4, -0.2) is 0 Å². The van der Waals surface area contributed by atoms with E-state index in [9.17, 15) is 0 Å². The molecule has 0 aliphatic heterocycles. The Morgan fingerprint density at radius 3 is 2.36 bits per heavy atom. The van der Waals surface area contributed by atoms with Gasteiger partial charge in [0.05, 0.1) is 12.3 Å². The van der Waals surface area contributed by atoms with Crippen LogP contribution < -0.4 is 5.32 Å². The van der Waals surface area contributed by atoms with E-state index in [1.807, 2.05) is 36.4 Å². The number of rotatable bonds is 5. The van der Waals surface area contributed by atoms with Crippen molar-refractivity contribution in [3.63, 3.8) is 0 Å². The third-order valence-corrected chi connectivity index (χ3v) is 3.53. The fraction of sp³-hybridized carbons (Fsp3) is 0.100. The molecule has 110 valence electrons. The van der Waals surface area contributed by atoms with Crippen molar-refractivity contribution in [2.45, 2.75) is 13.0 Å². The lowest BCUT2D eigenvalue weighted by atomic mass is 10.0. The van der Waals surface area contributed by atoms with Crippen LogP contribution in [0.3, 0.4) is 0 Å². The number of para-hydroxylation sites is 1. The first-order valence-corrected chi connectivity index (χ1v) is 7.41. The molecule has 0 aliphatic rings. The highest BCUT2D eigenvalue weighted by atomic mass is 16.3. The van der Waals surface area contributed by atoms with Crippen molar-refractivity contribution in [1.29, 1.82) is 0 Å². The molecule has 22 heavy (non-hydrogen) atoms. The van der Waals surface area contributed by atoms with Gasteiger partial charge in [-0.3, -0.25) is 0 Å². The maximum absolute atomic E-state index is 5.37. The lowest BCUT2D eigenvalue weighted by Gasteiger charge is -2.17. The normalized spacial score (nSPS) is 12.4. The number of hydrogen-bond donors (Lipinski definition) is 1. The predicted molar refractivity (Wildman–Crippen MR) is 91.7 cm³/mol. The Morgan fingerprint density at radius 2 is 1.68 bits per heavy atom. The van der Waals surface area contributed by atoms with Crippen molar-refractivity contribution in [3.05, 3.63) is 96.0 Å². The minimum absolute atomic E-state index is 0.0908. The minimum atomic E-state index is 0.0908. The van der Waals surface area contributed by atoms with Gasteiger partial charge in [0.2, 0.25) is 0 Å². The van der Waals surface area contributed by atoms with Crippen LogP contribution in [0, 0.1) is 6.92 Å². The average Bonchev–Trinajstić information content (AvgIpc) is 3.07. The first-order valence-electron chi connectivity index (χ1n) is 7.41. The monoisotopic (exact) mass is 289 g/mol. The predicted octanol–water partition coefficient (Wildman–Crippen LogP) is 5.45. The fourth-order valence-corrected chi connectivity index (χ4v) is 2.31. The number of hydrogen-bond acceptors (Lipinski definition) is 2. The number of nitrogens with one attached hydrogen (secondary N) is 1.